The summed E-state index contributed by atoms with van der Waals surface area (Å²) in [5.41, 5.74) is 2.32. The van der Waals surface area contributed by atoms with Crippen molar-refractivity contribution in [2.45, 2.75) is 45.6 Å². The van der Waals surface area contributed by atoms with E-state index >= 15 is 0 Å². The van der Waals surface area contributed by atoms with E-state index in [1.807, 2.05) is 38.1 Å². The minimum Gasteiger partial charge on any atom is -0.481 e. The highest BCUT2D eigenvalue weighted by Crippen LogP contribution is 2.44. The molecule has 1 saturated heterocycles. The highest BCUT2D eigenvalue weighted by atomic mass is 16.5. The Bertz CT molecular complexity index is 1090. The van der Waals surface area contributed by atoms with Crippen molar-refractivity contribution in [2.24, 2.45) is 11.3 Å². The van der Waals surface area contributed by atoms with Crippen molar-refractivity contribution < 1.29 is 24.2 Å². The third-order valence-corrected chi connectivity index (χ3v) is 7.78. The Morgan fingerprint density at radius 3 is 2.18 bits per heavy atom. The van der Waals surface area contributed by atoms with Gasteiger partial charge in [-0.25, -0.2) is 4.79 Å². The van der Waals surface area contributed by atoms with Crippen LogP contribution in [0.3, 0.4) is 0 Å². The molecule has 7 nitrogen and oxygen atoms in total. The number of carboxylic acid groups (broad SMARTS) is 1. The maximum atomic E-state index is 13.3. The van der Waals surface area contributed by atoms with Crippen molar-refractivity contribution in [3.63, 3.8) is 0 Å². The number of benzene rings is 2. The van der Waals surface area contributed by atoms with Crippen LogP contribution in [-0.2, 0) is 14.3 Å². The number of nitrogens with zero attached hydrogens (tertiary/aromatic N) is 1. The third kappa shape index (κ3) is 3.93. The zero-order valence-corrected chi connectivity index (χ0v) is 20.1. The Hall–Kier alpha value is -3.35. The predicted octanol–water partition coefficient (Wildman–Crippen LogP) is 4.26. The standard InChI is InChI=1S/C27H32N2O5/c1-5-27(4,23(30)29-14-17(2)26(3,16-29)24(31)32)28-25(33)34-15-22-20-12-8-6-10-18(20)19-11-7-9-13-21(19)22/h6-13,17,22H,5,14-16H2,1-4H3,(H,28,33)(H,31,32)/t17-,26-,27?/m1/s1. The Morgan fingerprint density at radius 2 is 1.68 bits per heavy atom. The second-order valence-electron chi connectivity index (χ2n) is 9.95. The van der Waals surface area contributed by atoms with E-state index in [2.05, 4.69) is 29.6 Å². The van der Waals surface area contributed by atoms with Gasteiger partial charge in [-0.1, -0.05) is 62.4 Å². The minimum atomic E-state index is -1.19. The smallest absolute Gasteiger partial charge is 0.408 e. The number of amides is 2. The van der Waals surface area contributed by atoms with E-state index in [-0.39, 0.29) is 30.9 Å². The van der Waals surface area contributed by atoms with E-state index < -0.39 is 23.0 Å². The van der Waals surface area contributed by atoms with Gasteiger partial charge in [-0.2, -0.15) is 0 Å². The molecular weight excluding hydrogens is 432 g/mol. The highest BCUT2D eigenvalue weighted by Gasteiger charge is 2.50. The van der Waals surface area contributed by atoms with Gasteiger partial charge >= 0.3 is 12.1 Å². The molecule has 0 spiro atoms. The normalized spacial score (nSPS) is 23.1. The Morgan fingerprint density at radius 1 is 1.12 bits per heavy atom. The molecule has 4 rings (SSSR count). The lowest BCUT2D eigenvalue weighted by atomic mass is 9.81. The minimum absolute atomic E-state index is 0.0718. The molecule has 0 bridgehead atoms. The monoisotopic (exact) mass is 464 g/mol. The van der Waals surface area contributed by atoms with E-state index in [0.29, 0.717) is 13.0 Å². The first-order valence-electron chi connectivity index (χ1n) is 11.8. The predicted molar refractivity (Wildman–Crippen MR) is 128 cm³/mol. The topological polar surface area (TPSA) is 95.9 Å². The van der Waals surface area contributed by atoms with E-state index in [1.54, 1.807) is 18.7 Å². The van der Waals surface area contributed by atoms with Gasteiger partial charge in [0.2, 0.25) is 5.91 Å². The maximum Gasteiger partial charge on any atom is 0.408 e. The van der Waals surface area contributed by atoms with Crippen molar-refractivity contribution in [2.75, 3.05) is 19.7 Å². The fourth-order valence-electron chi connectivity index (χ4n) is 5.08. The molecule has 1 aliphatic heterocycles. The molecule has 1 unspecified atom stereocenters. The van der Waals surface area contributed by atoms with Gasteiger partial charge in [-0.05, 0) is 48.4 Å². The fraction of sp³-hybridized carbons (Fsp3) is 0.444. The van der Waals surface area contributed by atoms with E-state index in [9.17, 15) is 19.5 Å². The van der Waals surface area contributed by atoms with Gasteiger partial charge in [-0.3, -0.25) is 9.59 Å². The molecule has 1 fully saturated rings. The fourth-order valence-corrected chi connectivity index (χ4v) is 5.08. The lowest BCUT2D eigenvalue weighted by Crippen LogP contribution is -2.57. The van der Waals surface area contributed by atoms with Gasteiger partial charge in [0.15, 0.2) is 0 Å². The summed E-state index contributed by atoms with van der Waals surface area (Å²) in [7, 11) is 0. The molecule has 2 N–H and O–H groups in total. The molecule has 7 heteroatoms. The van der Waals surface area contributed by atoms with Crippen molar-refractivity contribution in [1.29, 1.82) is 0 Å². The number of hydrogen-bond donors (Lipinski definition) is 2. The summed E-state index contributed by atoms with van der Waals surface area (Å²) in [6.07, 6.45) is -0.308. The van der Waals surface area contributed by atoms with E-state index in [4.69, 9.17) is 4.74 Å². The summed E-state index contributed by atoms with van der Waals surface area (Å²) >= 11 is 0. The lowest BCUT2D eigenvalue weighted by molar-refractivity contribution is -0.149. The SMILES string of the molecule is CCC(C)(NC(=O)OCC1c2ccccc2-c2ccccc21)C(=O)N1C[C@@H](C)[C@](C)(C(=O)O)C1. The van der Waals surface area contributed by atoms with Gasteiger partial charge in [0, 0.05) is 19.0 Å². The summed E-state index contributed by atoms with van der Waals surface area (Å²) in [6, 6.07) is 16.2. The first-order valence-corrected chi connectivity index (χ1v) is 11.8. The van der Waals surface area contributed by atoms with Crippen LogP contribution in [0.15, 0.2) is 48.5 Å². The first kappa shape index (κ1) is 23.8. The van der Waals surface area contributed by atoms with Crippen LogP contribution in [0.1, 0.15) is 51.2 Å². The second kappa shape index (κ2) is 8.78. The number of rotatable bonds is 6. The zero-order valence-electron chi connectivity index (χ0n) is 20.1. The number of fused-ring (bicyclic) bond motifs is 3. The highest BCUT2D eigenvalue weighted by molar-refractivity contribution is 5.91. The zero-order chi connectivity index (χ0) is 24.7. The largest absolute Gasteiger partial charge is 0.481 e. The number of aliphatic carboxylic acids is 1. The Balaban J connectivity index is 1.44. The number of nitrogens with one attached hydrogen (secondary N) is 1. The first-order chi connectivity index (χ1) is 16.1. The number of hydrogen-bond acceptors (Lipinski definition) is 4. The maximum absolute atomic E-state index is 13.3. The Kier molecular flexibility index (Phi) is 6.14. The molecule has 0 saturated carbocycles. The van der Waals surface area contributed by atoms with Crippen molar-refractivity contribution in [3.8, 4) is 11.1 Å². The average molecular weight is 465 g/mol. The third-order valence-electron chi connectivity index (χ3n) is 7.78. The van der Waals surface area contributed by atoms with Gasteiger partial charge in [-0.15, -0.1) is 0 Å². The molecule has 2 aromatic rings. The van der Waals surface area contributed by atoms with Crippen LogP contribution in [-0.4, -0.2) is 53.2 Å². The molecule has 2 amide bonds. The van der Waals surface area contributed by atoms with Crippen LogP contribution >= 0.6 is 0 Å². The molecule has 180 valence electrons. The second-order valence-corrected chi connectivity index (χ2v) is 9.95. The van der Waals surface area contributed by atoms with Gasteiger partial charge in [0.25, 0.3) is 0 Å². The summed E-state index contributed by atoms with van der Waals surface area (Å²) in [6.45, 7) is 7.59. The van der Waals surface area contributed by atoms with Crippen LogP contribution in [0.2, 0.25) is 0 Å². The molecule has 2 aromatic carbocycles. The van der Waals surface area contributed by atoms with Crippen molar-refractivity contribution in [1.82, 2.24) is 10.2 Å². The van der Waals surface area contributed by atoms with Crippen LogP contribution < -0.4 is 5.32 Å². The van der Waals surface area contributed by atoms with Gasteiger partial charge in [0.05, 0.1) is 5.41 Å². The van der Waals surface area contributed by atoms with Gasteiger partial charge in [0.1, 0.15) is 12.1 Å². The van der Waals surface area contributed by atoms with Crippen LogP contribution in [0.4, 0.5) is 4.79 Å². The summed E-state index contributed by atoms with van der Waals surface area (Å²) < 4.78 is 5.64. The number of ether oxygens (including phenoxy) is 1. The average Bonchev–Trinajstić information content (AvgIpc) is 3.32. The molecule has 2 aliphatic rings. The molecule has 1 heterocycles. The van der Waals surface area contributed by atoms with Crippen LogP contribution in [0, 0.1) is 11.3 Å². The number of likely N-dealkylation sites (tertiary alicyclic amines) is 1. The molecule has 0 aromatic heterocycles. The quantitative estimate of drug-likeness (QED) is 0.666. The summed E-state index contributed by atoms with van der Waals surface area (Å²) in [5, 5.41) is 12.4. The van der Waals surface area contributed by atoms with E-state index in [1.165, 1.54) is 0 Å². The van der Waals surface area contributed by atoms with Crippen LogP contribution in [0.5, 0.6) is 0 Å². The van der Waals surface area contributed by atoms with Crippen LogP contribution in [0.25, 0.3) is 11.1 Å². The lowest BCUT2D eigenvalue weighted by Gasteiger charge is -2.33. The summed E-state index contributed by atoms with van der Waals surface area (Å²) in [4.78, 5) is 39.5. The van der Waals surface area contributed by atoms with Crippen molar-refractivity contribution >= 4 is 18.0 Å². The molecule has 0 radical (unpaired) electrons. The van der Waals surface area contributed by atoms with Crippen molar-refractivity contribution in [3.05, 3.63) is 59.7 Å². The molecule has 1 aliphatic carbocycles. The number of carboxylic acids is 1. The summed E-state index contributed by atoms with van der Waals surface area (Å²) in [5.74, 6) is -1.47. The Labute approximate surface area is 200 Å². The number of carbonyl (C=O) groups excluding carboxylic acids is 2. The number of alkyl carbamates (subject to hydrolysis) is 1. The molecule has 3 atom stereocenters. The molecular formula is C27H32N2O5. The molecule has 34 heavy (non-hydrogen) atoms. The van der Waals surface area contributed by atoms with E-state index in [0.717, 1.165) is 22.3 Å². The number of carbonyl (C=O) groups is 3. The van der Waals surface area contributed by atoms with Gasteiger partial charge < -0.3 is 20.1 Å².